The smallest absolute Gasteiger partial charge is 0.338 e. The van der Waals surface area contributed by atoms with Crippen molar-refractivity contribution in [3.8, 4) is 0 Å². The fraction of sp³-hybridized carbons (Fsp3) is 0.200. The minimum atomic E-state index is -0.643. The van der Waals surface area contributed by atoms with Crippen molar-refractivity contribution in [2.75, 3.05) is 11.5 Å². The molecule has 0 bridgehead atoms. The number of esters is 1. The van der Waals surface area contributed by atoms with E-state index in [4.69, 9.17) is 4.74 Å². The van der Waals surface area contributed by atoms with Gasteiger partial charge in [-0.05, 0) is 31.2 Å². The summed E-state index contributed by atoms with van der Waals surface area (Å²) in [6.07, 6.45) is 0.396. The molecule has 1 fully saturated rings. The second-order valence-corrected chi connectivity index (χ2v) is 6.04. The number of amides is 2. The van der Waals surface area contributed by atoms with E-state index in [1.165, 1.54) is 24.3 Å². The topological polar surface area (TPSA) is 80.8 Å². The average molecular weight is 351 g/mol. The highest BCUT2D eigenvalue weighted by molar-refractivity contribution is 6.19. The summed E-state index contributed by atoms with van der Waals surface area (Å²) in [7, 11) is 0. The predicted octanol–water partition coefficient (Wildman–Crippen LogP) is 2.69. The number of aryl methyl sites for hydroxylation is 1. The zero-order chi connectivity index (χ0) is 18.7. The molecular weight excluding hydrogens is 334 g/mol. The van der Waals surface area contributed by atoms with Gasteiger partial charge < -0.3 is 4.74 Å². The summed E-state index contributed by atoms with van der Waals surface area (Å²) in [4.78, 5) is 48.6. The van der Waals surface area contributed by atoms with Crippen molar-refractivity contribution in [1.82, 2.24) is 0 Å². The van der Waals surface area contributed by atoms with E-state index in [1.54, 1.807) is 12.1 Å². The lowest BCUT2D eigenvalue weighted by atomic mass is 10.1. The minimum absolute atomic E-state index is 0.198. The summed E-state index contributed by atoms with van der Waals surface area (Å²) in [5.41, 5.74) is 2.17. The maximum atomic E-state index is 12.1. The van der Waals surface area contributed by atoms with Gasteiger partial charge in [-0.2, -0.15) is 0 Å². The van der Waals surface area contributed by atoms with E-state index < -0.39 is 5.97 Å². The van der Waals surface area contributed by atoms with Crippen LogP contribution in [-0.2, 0) is 14.3 Å². The van der Waals surface area contributed by atoms with Crippen LogP contribution in [0.4, 0.5) is 5.69 Å². The van der Waals surface area contributed by atoms with E-state index in [1.807, 2.05) is 19.1 Å². The van der Waals surface area contributed by atoms with Gasteiger partial charge in [0.15, 0.2) is 12.4 Å². The Morgan fingerprint density at radius 2 is 1.42 bits per heavy atom. The molecule has 0 saturated carbocycles. The van der Waals surface area contributed by atoms with Crippen LogP contribution >= 0.6 is 0 Å². The van der Waals surface area contributed by atoms with Gasteiger partial charge in [-0.15, -0.1) is 0 Å². The van der Waals surface area contributed by atoms with Crippen molar-refractivity contribution in [3.05, 3.63) is 65.2 Å². The number of hydrogen-bond acceptors (Lipinski definition) is 5. The monoisotopic (exact) mass is 351 g/mol. The fourth-order valence-electron chi connectivity index (χ4n) is 2.65. The first-order valence-electron chi connectivity index (χ1n) is 8.18. The second-order valence-electron chi connectivity index (χ2n) is 6.04. The standard InChI is InChI=1S/C20H17NO5/c1-13-2-4-14(5-3-13)17(22)12-26-20(25)15-6-8-16(9-7-15)21-18(23)10-11-19(21)24/h2-9H,10-12H2,1H3. The molecule has 1 heterocycles. The molecule has 26 heavy (non-hydrogen) atoms. The lowest BCUT2D eigenvalue weighted by molar-refractivity contribution is -0.121. The Bertz CT molecular complexity index is 852. The molecule has 6 nitrogen and oxygen atoms in total. The predicted molar refractivity (Wildman–Crippen MR) is 94.0 cm³/mol. The van der Waals surface area contributed by atoms with Crippen molar-refractivity contribution in [2.45, 2.75) is 19.8 Å². The zero-order valence-electron chi connectivity index (χ0n) is 14.2. The van der Waals surface area contributed by atoms with Crippen LogP contribution in [0.3, 0.4) is 0 Å². The molecule has 0 aliphatic carbocycles. The molecule has 1 saturated heterocycles. The van der Waals surface area contributed by atoms with E-state index in [9.17, 15) is 19.2 Å². The second kappa shape index (κ2) is 7.31. The Morgan fingerprint density at radius 3 is 2.00 bits per heavy atom. The van der Waals surface area contributed by atoms with Gasteiger partial charge in [-0.3, -0.25) is 19.3 Å². The zero-order valence-corrected chi connectivity index (χ0v) is 14.2. The van der Waals surface area contributed by atoms with Crippen LogP contribution in [0, 0.1) is 6.92 Å². The first-order valence-corrected chi connectivity index (χ1v) is 8.18. The molecule has 3 rings (SSSR count). The molecule has 0 aromatic heterocycles. The summed E-state index contributed by atoms with van der Waals surface area (Å²) >= 11 is 0. The van der Waals surface area contributed by atoms with Crippen LogP contribution in [0.15, 0.2) is 48.5 Å². The van der Waals surface area contributed by atoms with E-state index in [-0.39, 0.29) is 42.6 Å². The van der Waals surface area contributed by atoms with Gasteiger partial charge in [0.2, 0.25) is 11.8 Å². The van der Waals surface area contributed by atoms with Crippen molar-refractivity contribution in [1.29, 1.82) is 0 Å². The number of ether oxygens (including phenoxy) is 1. The summed E-state index contributed by atoms with van der Waals surface area (Å²) in [6.45, 7) is 1.56. The largest absolute Gasteiger partial charge is 0.454 e. The quantitative estimate of drug-likeness (QED) is 0.470. The highest BCUT2D eigenvalue weighted by atomic mass is 16.5. The maximum Gasteiger partial charge on any atom is 0.338 e. The Kier molecular flexibility index (Phi) is 4.93. The molecule has 2 aromatic carbocycles. The van der Waals surface area contributed by atoms with Crippen molar-refractivity contribution >= 4 is 29.3 Å². The minimum Gasteiger partial charge on any atom is -0.454 e. The number of rotatable bonds is 5. The molecule has 132 valence electrons. The van der Waals surface area contributed by atoms with Crippen molar-refractivity contribution in [2.24, 2.45) is 0 Å². The van der Waals surface area contributed by atoms with Crippen LogP contribution in [0.25, 0.3) is 0 Å². The number of nitrogens with zero attached hydrogens (tertiary/aromatic N) is 1. The molecule has 1 aliphatic heterocycles. The Morgan fingerprint density at radius 1 is 0.885 bits per heavy atom. The van der Waals surface area contributed by atoms with Gasteiger partial charge in [0.05, 0.1) is 11.3 Å². The van der Waals surface area contributed by atoms with E-state index in [2.05, 4.69) is 0 Å². The van der Waals surface area contributed by atoms with E-state index >= 15 is 0 Å². The average Bonchev–Trinajstić information content (AvgIpc) is 2.98. The number of carbonyl (C=O) groups excluding carboxylic acids is 4. The summed E-state index contributed by atoms with van der Waals surface area (Å²) < 4.78 is 5.05. The Labute approximate surface area is 150 Å². The van der Waals surface area contributed by atoms with E-state index in [0.717, 1.165) is 10.5 Å². The van der Waals surface area contributed by atoms with Gasteiger partial charge >= 0.3 is 5.97 Å². The number of imide groups is 1. The third-order valence-corrected chi connectivity index (χ3v) is 4.12. The van der Waals surface area contributed by atoms with Gasteiger partial charge in [0, 0.05) is 18.4 Å². The number of hydrogen-bond donors (Lipinski definition) is 0. The molecule has 2 amide bonds. The lowest BCUT2D eigenvalue weighted by Crippen LogP contribution is -2.28. The van der Waals surface area contributed by atoms with Crippen LogP contribution in [-0.4, -0.2) is 30.2 Å². The molecule has 1 aliphatic rings. The molecule has 0 N–H and O–H groups in total. The van der Waals surface area contributed by atoms with Crippen molar-refractivity contribution < 1.29 is 23.9 Å². The maximum absolute atomic E-state index is 12.1. The molecule has 0 unspecified atom stereocenters. The van der Waals surface area contributed by atoms with Crippen LogP contribution < -0.4 is 4.90 Å². The summed E-state index contributed by atoms with van der Waals surface area (Å²) in [5.74, 6) is -1.44. The van der Waals surface area contributed by atoms with Crippen molar-refractivity contribution in [3.63, 3.8) is 0 Å². The van der Waals surface area contributed by atoms with Crippen LogP contribution in [0.5, 0.6) is 0 Å². The summed E-state index contributed by atoms with van der Waals surface area (Å²) in [6, 6.07) is 13.0. The number of ketones is 1. The molecule has 0 spiro atoms. The first kappa shape index (κ1) is 17.5. The Balaban J connectivity index is 1.61. The number of Topliss-reactive ketones (excluding diaryl/α,β-unsaturated/α-hetero) is 1. The number of carbonyl (C=O) groups is 4. The molecule has 6 heteroatoms. The normalized spacial score (nSPS) is 13.8. The van der Waals surface area contributed by atoms with Crippen LogP contribution in [0.1, 0.15) is 39.1 Å². The third-order valence-electron chi connectivity index (χ3n) is 4.12. The first-order chi connectivity index (χ1) is 12.5. The highest BCUT2D eigenvalue weighted by Gasteiger charge is 2.30. The number of benzene rings is 2. The van der Waals surface area contributed by atoms with E-state index in [0.29, 0.717) is 11.3 Å². The highest BCUT2D eigenvalue weighted by Crippen LogP contribution is 2.23. The van der Waals surface area contributed by atoms with Gasteiger partial charge in [0.1, 0.15) is 0 Å². The fourth-order valence-corrected chi connectivity index (χ4v) is 2.65. The molecular formula is C20H17NO5. The molecule has 2 aromatic rings. The lowest BCUT2D eigenvalue weighted by Gasteiger charge is -2.14. The SMILES string of the molecule is Cc1ccc(C(=O)COC(=O)c2ccc(N3C(=O)CCC3=O)cc2)cc1. The van der Waals surface area contributed by atoms with Crippen LogP contribution in [0.2, 0.25) is 0 Å². The Hall–Kier alpha value is -3.28. The van der Waals surface area contributed by atoms with Gasteiger partial charge in [-0.1, -0.05) is 29.8 Å². The molecule has 0 radical (unpaired) electrons. The number of anilines is 1. The molecule has 0 atom stereocenters. The third kappa shape index (κ3) is 3.69. The summed E-state index contributed by atoms with van der Waals surface area (Å²) in [5, 5.41) is 0. The van der Waals surface area contributed by atoms with Gasteiger partial charge in [0.25, 0.3) is 0 Å². The van der Waals surface area contributed by atoms with Gasteiger partial charge in [-0.25, -0.2) is 4.79 Å².